The fraction of sp³-hybridized carbons (Fsp3) is 0.229. The molecule has 0 saturated carbocycles. The van der Waals surface area contributed by atoms with Gasteiger partial charge in [0.15, 0.2) is 0 Å². The van der Waals surface area contributed by atoms with Gasteiger partial charge in [0.1, 0.15) is 18.2 Å². The normalized spacial score (nSPS) is 16.2. The smallest absolute Gasteiger partial charge is 0.416 e. The summed E-state index contributed by atoms with van der Waals surface area (Å²) in [4.78, 5) is 39.7. The van der Waals surface area contributed by atoms with Crippen LogP contribution < -0.4 is 4.74 Å². The minimum atomic E-state index is -4.56. The number of cyclic esters (lactones) is 1. The maximum atomic E-state index is 13.6. The average Bonchev–Trinajstić information content (AvgIpc) is 3.69. The number of methoxy groups -OCH3 is 1. The van der Waals surface area contributed by atoms with Gasteiger partial charge in [0, 0.05) is 29.7 Å². The van der Waals surface area contributed by atoms with Gasteiger partial charge in [-0.05, 0) is 79.4 Å². The van der Waals surface area contributed by atoms with Gasteiger partial charge >= 0.3 is 18.2 Å². The average molecular weight is 658 g/mol. The first-order valence-corrected chi connectivity index (χ1v) is 14.9. The van der Waals surface area contributed by atoms with E-state index in [-0.39, 0.29) is 23.6 Å². The van der Waals surface area contributed by atoms with E-state index in [1.165, 1.54) is 24.4 Å². The van der Waals surface area contributed by atoms with Gasteiger partial charge in [-0.1, -0.05) is 23.8 Å². The predicted octanol–water partition coefficient (Wildman–Crippen LogP) is 7.42. The summed E-state index contributed by atoms with van der Waals surface area (Å²) in [5.41, 5.74) is 3.88. The molecule has 1 aliphatic heterocycles. The highest BCUT2D eigenvalue weighted by Crippen LogP contribution is 2.40. The van der Waals surface area contributed by atoms with E-state index in [9.17, 15) is 27.9 Å². The molecule has 1 aliphatic rings. The zero-order valence-corrected chi connectivity index (χ0v) is 26.3. The van der Waals surface area contributed by atoms with Crippen molar-refractivity contribution in [3.63, 3.8) is 0 Å². The van der Waals surface area contributed by atoms with Crippen LogP contribution in [0.1, 0.15) is 51.3 Å². The predicted molar refractivity (Wildman–Crippen MR) is 169 cm³/mol. The number of carbonyl (C=O) groups is 2. The standard InChI is InChI=1S/C35H30F3N5O5/c1-19-11-24(14-25(12-19)35(36,37)38)31-21(3)43(34(46)48-31)17-29-28(16-40-33(41-29)42-10-9-39-18-42)27-15-22(6-8-30(27)47-4)26-7-5-23(32(44)45)13-20(26)2/h5-16,18,21,31H,17H2,1-4H3,(H,44,45)/t21-,31-/m0/s1. The number of aromatic carboxylic acids is 1. The fourth-order valence-corrected chi connectivity index (χ4v) is 5.92. The van der Waals surface area contributed by atoms with Crippen molar-refractivity contribution < 1.29 is 37.3 Å². The molecular formula is C35H30F3N5O5. The van der Waals surface area contributed by atoms with E-state index in [1.54, 1.807) is 61.3 Å². The number of carbonyl (C=O) groups excluding carboxylic acids is 1. The van der Waals surface area contributed by atoms with E-state index in [4.69, 9.17) is 14.5 Å². The van der Waals surface area contributed by atoms with Gasteiger partial charge < -0.3 is 14.6 Å². The third kappa shape index (κ3) is 6.18. The molecule has 0 spiro atoms. The quantitative estimate of drug-likeness (QED) is 0.183. The molecule has 3 heterocycles. The number of carboxylic acids is 1. The molecule has 48 heavy (non-hydrogen) atoms. The second-order valence-corrected chi connectivity index (χ2v) is 11.6. The lowest BCUT2D eigenvalue weighted by Gasteiger charge is -2.23. The Hall–Kier alpha value is -5.72. The number of carboxylic acid groups (broad SMARTS) is 1. The molecule has 5 aromatic rings. The van der Waals surface area contributed by atoms with Crippen LogP contribution in [0.3, 0.4) is 0 Å². The van der Waals surface area contributed by atoms with Crippen LogP contribution in [-0.4, -0.2) is 54.7 Å². The van der Waals surface area contributed by atoms with Crippen LogP contribution >= 0.6 is 0 Å². The number of nitrogens with zero attached hydrogens (tertiary/aromatic N) is 5. The molecule has 0 radical (unpaired) electrons. The number of hydrogen-bond donors (Lipinski definition) is 1. The molecular weight excluding hydrogens is 627 g/mol. The van der Waals surface area contributed by atoms with Crippen molar-refractivity contribution in [1.29, 1.82) is 0 Å². The number of rotatable bonds is 8. The van der Waals surface area contributed by atoms with Crippen molar-refractivity contribution in [3.05, 3.63) is 113 Å². The maximum absolute atomic E-state index is 13.6. The highest BCUT2D eigenvalue weighted by atomic mass is 19.4. The topological polar surface area (TPSA) is 120 Å². The Balaban J connectivity index is 1.42. The molecule has 1 amide bonds. The molecule has 1 saturated heterocycles. The summed E-state index contributed by atoms with van der Waals surface area (Å²) in [6.07, 6.45) is 0.168. The first-order chi connectivity index (χ1) is 22.8. The summed E-state index contributed by atoms with van der Waals surface area (Å²) in [5, 5.41) is 9.43. The van der Waals surface area contributed by atoms with Gasteiger partial charge in [0.2, 0.25) is 5.95 Å². The molecule has 2 aromatic heterocycles. The highest BCUT2D eigenvalue weighted by molar-refractivity contribution is 5.89. The molecule has 0 unspecified atom stereocenters. The summed E-state index contributed by atoms with van der Waals surface area (Å²) >= 11 is 0. The fourth-order valence-electron chi connectivity index (χ4n) is 5.92. The van der Waals surface area contributed by atoms with E-state index >= 15 is 0 Å². The Labute approximate surface area is 273 Å². The zero-order chi connectivity index (χ0) is 34.3. The van der Waals surface area contributed by atoms with Crippen LogP contribution in [0.2, 0.25) is 0 Å². The van der Waals surface area contributed by atoms with E-state index in [0.29, 0.717) is 28.1 Å². The van der Waals surface area contributed by atoms with Crippen LogP contribution in [0, 0.1) is 13.8 Å². The number of halogens is 3. The minimum absolute atomic E-state index is 0.0618. The van der Waals surface area contributed by atoms with Crippen LogP contribution in [0.15, 0.2) is 79.5 Å². The zero-order valence-electron chi connectivity index (χ0n) is 26.3. The summed E-state index contributed by atoms with van der Waals surface area (Å²) in [6.45, 7) is 5.04. The highest BCUT2D eigenvalue weighted by Gasteiger charge is 2.41. The second-order valence-electron chi connectivity index (χ2n) is 11.6. The molecule has 1 fully saturated rings. The Morgan fingerprint density at radius 3 is 2.50 bits per heavy atom. The van der Waals surface area contributed by atoms with E-state index in [1.807, 2.05) is 19.1 Å². The van der Waals surface area contributed by atoms with E-state index in [0.717, 1.165) is 28.8 Å². The number of hydrogen-bond acceptors (Lipinski definition) is 7. The molecule has 10 nitrogen and oxygen atoms in total. The molecule has 1 N–H and O–H groups in total. The first kappa shape index (κ1) is 32.2. The summed E-state index contributed by atoms with van der Waals surface area (Å²) in [7, 11) is 1.52. The van der Waals surface area contributed by atoms with Crippen LogP contribution in [0.4, 0.5) is 18.0 Å². The third-order valence-electron chi connectivity index (χ3n) is 8.33. The molecule has 2 atom stereocenters. The van der Waals surface area contributed by atoms with Crippen molar-refractivity contribution in [2.45, 2.75) is 45.6 Å². The lowest BCUT2D eigenvalue weighted by molar-refractivity contribution is -0.137. The van der Waals surface area contributed by atoms with Gasteiger partial charge in [0.25, 0.3) is 0 Å². The Morgan fingerprint density at radius 2 is 1.83 bits per heavy atom. The maximum Gasteiger partial charge on any atom is 0.416 e. The van der Waals surface area contributed by atoms with Crippen molar-refractivity contribution in [2.24, 2.45) is 0 Å². The monoisotopic (exact) mass is 657 g/mol. The summed E-state index contributed by atoms with van der Waals surface area (Å²) in [5.74, 6) is -0.250. The minimum Gasteiger partial charge on any atom is -0.496 e. The Bertz CT molecular complexity index is 2030. The van der Waals surface area contributed by atoms with Crippen molar-refractivity contribution in [3.8, 4) is 34.0 Å². The molecule has 0 bridgehead atoms. The molecule has 13 heteroatoms. The lowest BCUT2D eigenvalue weighted by Crippen LogP contribution is -2.32. The number of amides is 1. The number of benzene rings is 3. The number of alkyl halides is 3. The third-order valence-corrected chi connectivity index (χ3v) is 8.33. The van der Waals surface area contributed by atoms with Gasteiger partial charge in [-0.2, -0.15) is 13.2 Å². The molecule has 246 valence electrons. The van der Waals surface area contributed by atoms with Gasteiger partial charge in [-0.25, -0.2) is 24.5 Å². The van der Waals surface area contributed by atoms with E-state index in [2.05, 4.69) is 9.97 Å². The number of imidazole rings is 1. The first-order valence-electron chi connectivity index (χ1n) is 14.9. The van der Waals surface area contributed by atoms with Crippen molar-refractivity contribution >= 4 is 12.1 Å². The van der Waals surface area contributed by atoms with Crippen molar-refractivity contribution in [1.82, 2.24) is 24.4 Å². The summed E-state index contributed by atoms with van der Waals surface area (Å²) < 4.78 is 53.9. The molecule has 6 rings (SSSR count). The number of aromatic nitrogens is 4. The Kier molecular flexibility index (Phi) is 8.37. The second kappa shape index (κ2) is 12.5. The molecule has 0 aliphatic carbocycles. The summed E-state index contributed by atoms with van der Waals surface area (Å²) in [6, 6.07) is 13.4. The van der Waals surface area contributed by atoms with Gasteiger partial charge in [-0.15, -0.1) is 0 Å². The van der Waals surface area contributed by atoms with Gasteiger partial charge in [-0.3, -0.25) is 9.47 Å². The Morgan fingerprint density at radius 1 is 1.04 bits per heavy atom. The molecule has 3 aromatic carbocycles. The number of ether oxygens (including phenoxy) is 2. The van der Waals surface area contributed by atoms with Crippen molar-refractivity contribution in [2.75, 3.05) is 7.11 Å². The SMILES string of the molecule is COc1ccc(-c2ccc(C(=O)O)cc2C)cc1-c1cnc(-n2ccnc2)nc1CN1C(=O)O[C@H](c2cc(C)cc(C(F)(F)F)c2)[C@@H]1C. The number of aryl methyl sites for hydroxylation is 2. The van der Waals surface area contributed by atoms with Crippen LogP contribution in [-0.2, 0) is 17.5 Å². The van der Waals surface area contributed by atoms with Gasteiger partial charge in [0.05, 0.1) is 36.5 Å². The van der Waals surface area contributed by atoms with Crippen LogP contribution in [0.5, 0.6) is 5.75 Å². The lowest BCUT2D eigenvalue weighted by atomic mass is 9.94. The van der Waals surface area contributed by atoms with E-state index < -0.39 is 35.9 Å². The largest absolute Gasteiger partial charge is 0.496 e. The van der Waals surface area contributed by atoms with Crippen LogP contribution in [0.25, 0.3) is 28.2 Å².